The molecule has 3 rings (SSSR count). The summed E-state index contributed by atoms with van der Waals surface area (Å²) in [4.78, 5) is 24.2. The average Bonchev–Trinajstić information content (AvgIpc) is 3.01. The van der Waals surface area contributed by atoms with E-state index in [9.17, 15) is 9.59 Å². The molecule has 0 radical (unpaired) electrons. The summed E-state index contributed by atoms with van der Waals surface area (Å²) in [6.07, 6.45) is 0. The topological polar surface area (TPSA) is 85.2 Å². The van der Waals surface area contributed by atoms with Crippen molar-refractivity contribution >= 4 is 23.3 Å². The van der Waals surface area contributed by atoms with Crippen LogP contribution in [0, 0.1) is 20.8 Å². The van der Waals surface area contributed by atoms with Crippen LogP contribution in [0.15, 0.2) is 48.5 Å². The molecule has 0 spiro atoms. The molecular formula is C22H24N4O3. The summed E-state index contributed by atoms with van der Waals surface area (Å²) in [5, 5.41) is 10.5. The normalized spacial score (nSPS) is 10.5. The number of para-hydroxylation sites is 1. The monoisotopic (exact) mass is 392 g/mol. The molecule has 7 nitrogen and oxygen atoms in total. The largest absolute Gasteiger partial charge is 0.465 e. The molecule has 150 valence electrons. The van der Waals surface area contributed by atoms with Crippen LogP contribution in [0.3, 0.4) is 0 Å². The Bertz CT molecular complexity index is 1040. The SMILES string of the molecule is COC(=O)c1ccc(C)c(NCC(=O)Nc2c(C)nn(-c3ccccc3)c2C)c1. The predicted molar refractivity (Wildman–Crippen MR) is 113 cm³/mol. The second-order valence-corrected chi connectivity index (χ2v) is 6.72. The fraction of sp³-hybridized carbons (Fsp3) is 0.227. The van der Waals surface area contributed by atoms with Crippen molar-refractivity contribution in [1.82, 2.24) is 9.78 Å². The molecule has 1 aromatic heterocycles. The van der Waals surface area contributed by atoms with Crippen LogP contribution in [0.5, 0.6) is 0 Å². The number of ether oxygens (including phenoxy) is 1. The molecule has 0 atom stereocenters. The quantitative estimate of drug-likeness (QED) is 0.626. The standard InChI is InChI=1S/C22H24N4O3/c1-14-10-11-17(22(28)29-4)12-19(14)23-13-20(27)24-21-15(2)25-26(16(21)3)18-8-6-5-7-9-18/h5-12,23H,13H2,1-4H3,(H,24,27). The Labute approximate surface area is 169 Å². The molecule has 0 saturated carbocycles. The minimum atomic E-state index is -0.419. The summed E-state index contributed by atoms with van der Waals surface area (Å²) < 4.78 is 6.55. The Morgan fingerprint density at radius 3 is 2.48 bits per heavy atom. The lowest BCUT2D eigenvalue weighted by atomic mass is 10.1. The van der Waals surface area contributed by atoms with Crippen LogP contribution >= 0.6 is 0 Å². The number of methoxy groups -OCH3 is 1. The van der Waals surface area contributed by atoms with E-state index in [1.54, 1.807) is 12.1 Å². The summed E-state index contributed by atoms with van der Waals surface area (Å²) >= 11 is 0. The Balaban J connectivity index is 1.71. The molecule has 7 heteroatoms. The van der Waals surface area contributed by atoms with Crippen LogP contribution in [0.4, 0.5) is 11.4 Å². The van der Waals surface area contributed by atoms with Crippen LogP contribution < -0.4 is 10.6 Å². The molecule has 1 amide bonds. The third-order valence-electron chi connectivity index (χ3n) is 4.65. The number of nitrogens with one attached hydrogen (secondary N) is 2. The third kappa shape index (κ3) is 4.45. The highest BCUT2D eigenvalue weighted by Gasteiger charge is 2.15. The van der Waals surface area contributed by atoms with Crippen molar-refractivity contribution in [2.75, 3.05) is 24.3 Å². The Kier molecular flexibility index (Phi) is 5.97. The van der Waals surface area contributed by atoms with Crippen LogP contribution in [0.2, 0.25) is 0 Å². The molecule has 0 aliphatic rings. The maximum Gasteiger partial charge on any atom is 0.337 e. The lowest BCUT2D eigenvalue weighted by Gasteiger charge is -2.12. The van der Waals surface area contributed by atoms with Crippen molar-refractivity contribution in [3.05, 3.63) is 71.0 Å². The van der Waals surface area contributed by atoms with Gasteiger partial charge in [-0.15, -0.1) is 0 Å². The van der Waals surface area contributed by atoms with Gasteiger partial charge >= 0.3 is 5.97 Å². The van der Waals surface area contributed by atoms with Crippen LogP contribution in [-0.4, -0.2) is 35.3 Å². The van der Waals surface area contributed by atoms with E-state index in [1.165, 1.54) is 7.11 Å². The van der Waals surface area contributed by atoms with Crippen molar-refractivity contribution < 1.29 is 14.3 Å². The van der Waals surface area contributed by atoms with E-state index in [4.69, 9.17) is 4.74 Å². The van der Waals surface area contributed by atoms with Crippen molar-refractivity contribution in [3.63, 3.8) is 0 Å². The first-order chi connectivity index (χ1) is 13.9. The zero-order valence-electron chi connectivity index (χ0n) is 16.9. The van der Waals surface area contributed by atoms with Gasteiger partial charge in [-0.05, 0) is 50.6 Å². The maximum absolute atomic E-state index is 12.5. The molecule has 1 heterocycles. The summed E-state index contributed by atoms with van der Waals surface area (Å²) in [5.74, 6) is -0.622. The summed E-state index contributed by atoms with van der Waals surface area (Å²) in [5.41, 5.74) is 5.28. The van der Waals surface area contributed by atoms with E-state index in [2.05, 4.69) is 15.7 Å². The molecule has 0 saturated heterocycles. The molecule has 29 heavy (non-hydrogen) atoms. The van der Waals surface area contributed by atoms with Gasteiger partial charge in [-0.3, -0.25) is 4.79 Å². The number of rotatable bonds is 6. The number of esters is 1. The van der Waals surface area contributed by atoms with Gasteiger partial charge in [0.15, 0.2) is 0 Å². The molecule has 2 N–H and O–H groups in total. The van der Waals surface area contributed by atoms with Gasteiger partial charge in [0, 0.05) is 5.69 Å². The Morgan fingerprint density at radius 2 is 1.79 bits per heavy atom. The van der Waals surface area contributed by atoms with Gasteiger partial charge in [0.2, 0.25) is 5.91 Å². The fourth-order valence-corrected chi connectivity index (χ4v) is 3.06. The molecule has 0 aliphatic heterocycles. The van der Waals surface area contributed by atoms with Crippen LogP contribution in [-0.2, 0) is 9.53 Å². The highest BCUT2D eigenvalue weighted by Crippen LogP contribution is 2.23. The number of amides is 1. The van der Waals surface area contributed by atoms with E-state index in [0.29, 0.717) is 16.9 Å². The van der Waals surface area contributed by atoms with E-state index < -0.39 is 5.97 Å². The van der Waals surface area contributed by atoms with Gasteiger partial charge in [0.25, 0.3) is 0 Å². The Morgan fingerprint density at radius 1 is 1.07 bits per heavy atom. The number of hydrogen-bond donors (Lipinski definition) is 2. The zero-order chi connectivity index (χ0) is 21.0. The second-order valence-electron chi connectivity index (χ2n) is 6.72. The molecule has 2 aromatic carbocycles. The highest BCUT2D eigenvalue weighted by molar-refractivity contribution is 5.95. The first kappa shape index (κ1) is 20.1. The highest BCUT2D eigenvalue weighted by atomic mass is 16.5. The Hall–Kier alpha value is -3.61. The van der Waals surface area contributed by atoms with Gasteiger partial charge in [0.05, 0.1) is 42.0 Å². The third-order valence-corrected chi connectivity index (χ3v) is 4.65. The van der Waals surface area contributed by atoms with Gasteiger partial charge in [-0.25, -0.2) is 9.48 Å². The number of aryl methyl sites for hydroxylation is 2. The van der Waals surface area contributed by atoms with Crippen LogP contribution in [0.25, 0.3) is 5.69 Å². The van der Waals surface area contributed by atoms with Crippen molar-refractivity contribution in [1.29, 1.82) is 0 Å². The lowest BCUT2D eigenvalue weighted by Crippen LogP contribution is -2.23. The molecular weight excluding hydrogens is 368 g/mol. The number of nitrogens with zero attached hydrogens (tertiary/aromatic N) is 2. The predicted octanol–water partition coefficient (Wildman–Crippen LogP) is 3.63. The molecule has 3 aromatic rings. The van der Waals surface area contributed by atoms with Crippen LogP contribution in [0.1, 0.15) is 27.3 Å². The first-order valence-corrected chi connectivity index (χ1v) is 9.25. The maximum atomic E-state index is 12.5. The number of benzene rings is 2. The number of carbonyl (C=O) groups excluding carboxylic acids is 2. The smallest absolute Gasteiger partial charge is 0.337 e. The summed E-state index contributed by atoms with van der Waals surface area (Å²) in [6, 6.07) is 14.9. The summed E-state index contributed by atoms with van der Waals surface area (Å²) in [7, 11) is 1.34. The fourth-order valence-electron chi connectivity index (χ4n) is 3.06. The molecule has 0 aliphatic carbocycles. The van der Waals surface area contributed by atoms with E-state index >= 15 is 0 Å². The van der Waals surface area contributed by atoms with Gasteiger partial charge in [0.1, 0.15) is 0 Å². The molecule has 0 fully saturated rings. The minimum absolute atomic E-state index is 0.0564. The van der Waals surface area contributed by atoms with E-state index in [0.717, 1.165) is 22.6 Å². The van der Waals surface area contributed by atoms with Crippen molar-refractivity contribution in [2.24, 2.45) is 0 Å². The van der Waals surface area contributed by atoms with Gasteiger partial charge in [-0.2, -0.15) is 5.10 Å². The summed E-state index contributed by atoms with van der Waals surface area (Å²) in [6.45, 7) is 5.74. The number of aromatic nitrogens is 2. The molecule has 0 unspecified atom stereocenters. The minimum Gasteiger partial charge on any atom is -0.465 e. The van der Waals surface area contributed by atoms with E-state index in [1.807, 2.05) is 61.9 Å². The average molecular weight is 392 g/mol. The lowest BCUT2D eigenvalue weighted by molar-refractivity contribution is -0.114. The van der Waals surface area contributed by atoms with Gasteiger partial charge < -0.3 is 15.4 Å². The van der Waals surface area contributed by atoms with E-state index in [-0.39, 0.29) is 12.5 Å². The van der Waals surface area contributed by atoms with Crippen molar-refractivity contribution in [3.8, 4) is 5.69 Å². The molecule has 0 bridgehead atoms. The van der Waals surface area contributed by atoms with Gasteiger partial charge in [-0.1, -0.05) is 24.3 Å². The zero-order valence-corrected chi connectivity index (χ0v) is 16.9. The first-order valence-electron chi connectivity index (χ1n) is 9.25. The number of anilines is 2. The van der Waals surface area contributed by atoms with Crippen molar-refractivity contribution in [2.45, 2.75) is 20.8 Å². The second kappa shape index (κ2) is 8.60. The number of carbonyl (C=O) groups is 2. The number of hydrogen-bond acceptors (Lipinski definition) is 5.